The van der Waals surface area contributed by atoms with Crippen molar-refractivity contribution < 1.29 is 9.59 Å². The summed E-state index contributed by atoms with van der Waals surface area (Å²) in [5.74, 6) is 1.22. The number of anilines is 1. The van der Waals surface area contributed by atoms with Gasteiger partial charge in [0, 0.05) is 11.2 Å². The maximum atomic E-state index is 12.4. The molecule has 4 aliphatic carbocycles. The van der Waals surface area contributed by atoms with E-state index in [1.807, 2.05) is 31.2 Å². The number of hydrogen-bond donors (Lipinski definition) is 2. The number of amides is 2. The molecule has 0 radical (unpaired) electrons. The van der Waals surface area contributed by atoms with E-state index in [0.717, 1.165) is 42.6 Å². The highest BCUT2D eigenvalue weighted by atomic mass is 16.2. The van der Waals surface area contributed by atoms with E-state index in [0.29, 0.717) is 5.69 Å². The standard InChI is InChI=1S/C19H24N2O2/c1-12-2-4-16(5-3-12)20-17(22)18(23)21-19-9-13-6-14(10-19)8-15(7-13)11-19/h2-5,13-15H,6-11H2,1H3,(H,20,22)(H,21,23). The van der Waals surface area contributed by atoms with Gasteiger partial charge >= 0.3 is 11.8 Å². The lowest BCUT2D eigenvalue weighted by atomic mass is 9.53. The van der Waals surface area contributed by atoms with Crippen LogP contribution in [0.25, 0.3) is 0 Å². The van der Waals surface area contributed by atoms with Gasteiger partial charge in [-0.3, -0.25) is 9.59 Å². The van der Waals surface area contributed by atoms with Crippen molar-refractivity contribution in [3.05, 3.63) is 29.8 Å². The third-order valence-electron chi connectivity index (χ3n) is 5.93. The Hall–Kier alpha value is -1.84. The average molecular weight is 312 g/mol. The Morgan fingerprint density at radius 1 is 0.913 bits per heavy atom. The fraction of sp³-hybridized carbons (Fsp3) is 0.579. The van der Waals surface area contributed by atoms with Crippen LogP contribution in [0.3, 0.4) is 0 Å². The molecule has 0 aliphatic heterocycles. The summed E-state index contributed by atoms with van der Waals surface area (Å²) in [6, 6.07) is 7.50. The summed E-state index contributed by atoms with van der Waals surface area (Å²) in [5, 5.41) is 5.81. The summed E-state index contributed by atoms with van der Waals surface area (Å²) in [4.78, 5) is 24.6. The molecular formula is C19H24N2O2. The van der Waals surface area contributed by atoms with Crippen molar-refractivity contribution in [1.29, 1.82) is 0 Å². The number of carbonyl (C=O) groups is 2. The summed E-state index contributed by atoms with van der Waals surface area (Å²) in [7, 11) is 0. The third-order valence-corrected chi connectivity index (χ3v) is 5.93. The molecule has 4 saturated carbocycles. The van der Waals surface area contributed by atoms with Crippen LogP contribution in [0.2, 0.25) is 0 Å². The Balaban J connectivity index is 1.41. The lowest BCUT2D eigenvalue weighted by molar-refractivity contribution is -0.139. The lowest BCUT2D eigenvalue weighted by Crippen LogP contribution is -2.61. The molecule has 0 spiro atoms. The van der Waals surface area contributed by atoms with Gasteiger partial charge in [0.15, 0.2) is 0 Å². The first-order chi connectivity index (χ1) is 11.0. The fourth-order valence-electron chi connectivity index (χ4n) is 5.39. The highest BCUT2D eigenvalue weighted by Gasteiger charge is 2.51. The number of aryl methyl sites for hydroxylation is 1. The van der Waals surface area contributed by atoms with Gasteiger partial charge in [0.25, 0.3) is 0 Å². The Morgan fingerprint density at radius 2 is 1.43 bits per heavy atom. The van der Waals surface area contributed by atoms with E-state index in [2.05, 4.69) is 10.6 Å². The van der Waals surface area contributed by atoms with Crippen molar-refractivity contribution in [3.63, 3.8) is 0 Å². The first kappa shape index (κ1) is 14.7. The van der Waals surface area contributed by atoms with Crippen LogP contribution in [0.5, 0.6) is 0 Å². The van der Waals surface area contributed by atoms with Gasteiger partial charge in [-0.05, 0) is 75.3 Å². The van der Waals surface area contributed by atoms with Crippen LogP contribution in [0.1, 0.15) is 44.1 Å². The van der Waals surface area contributed by atoms with E-state index in [9.17, 15) is 9.59 Å². The monoisotopic (exact) mass is 312 g/mol. The van der Waals surface area contributed by atoms with Crippen LogP contribution < -0.4 is 10.6 Å². The van der Waals surface area contributed by atoms with Crippen LogP contribution in [0.15, 0.2) is 24.3 Å². The molecule has 0 atom stereocenters. The van der Waals surface area contributed by atoms with Crippen molar-refractivity contribution in [1.82, 2.24) is 5.32 Å². The molecular weight excluding hydrogens is 288 g/mol. The van der Waals surface area contributed by atoms with Crippen molar-refractivity contribution >= 4 is 17.5 Å². The largest absolute Gasteiger partial charge is 0.342 e. The zero-order valence-electron chi connectivity index (χ0n) is 13.6. The molecule has 0 heterocycles. The van der Waals surface area contributed by atoms with Gasteiger partial charge in [0.2, 0.25) is 0 Å². The molecule has 1 aromatic rings. The Morgan fingerprint density at radius 3 is 1.96 bits per heavy atom. The molecule has 4 fully saturated rings. The molecule has 5 rings (SSSR count). The first-order valence-corrected chi connectivity index (χ1v) is 8.71. The predicted molar refractivity (Wildman–Crippen MR) is 88.9 cm³/mol. The maximum Gasteiger partial charge on any atom is 0.313 e. The van der Waals surface area contributed by atoms with Crippen molar-refractivity contribution in [2.75, 3.05) is 5.32 Å². The summed E-state index contributed by atoms with van der Waals surface area (Å²) >= 11 is 0. The second-order valence-corrected chi connectivity index (χ2v) is 7.97. The molecule has 4 heteroatoms. The van der Waals surface area contributed by atoms with E-state index in [1.54, 1.807) is 0 Å². The van der Waals surface area contributed by atoms with E-state index in [1.165, 1.54) is 19.3 Å². The molecule has 2 N–H and O–H groups in total. The maximum absolute atomic E-state index is 12.4. The smallest absolute Gasteiger partial charge is 0.313 e. The minimum atomic E-state index is -0.551. The number of rotatable bonds is 2. The van der Waals surface area contributed by atoms with Gasteiger partial charge in [0.05, 0.1) is 0 Å². The SMILES string of the molecule is Cc1ccc(NC(=O)C(=O)NC23CC4CC(CC(C4)C2)C3)cc1. The zero-order chi connectivity index (χ0) is 16.0. The minimum Gasteiger partial charge on any atom is -0.342 e. The van der Waals surface area contributed by atoms with E-state index >= 15 is 0 Å². The van der Waals surface area contributed by atoms with Crippen LogP contribution in [-0.4, -0.2) is 17.4 Å². The Labute approximate surface area is 137 Å². The Bertz CT molecular complexity index is 600. The van der Waals surface area contributed by atoms with Gasteiger partial charge in [0.1, 0.15) is 0 Å². The van der Waals surface area contributed by atoms with Gasteiger partial charge < -0.3 is 10.6 Å². The zero-order valence-corrected chi connectivity index (χ0v) is 13.6. The van der Waals surface area contributed by atoms with Crippen molar-refractivity contribution in [3.8, 4) is 0 Å². The fourth-order valence-corrected chi connectivity index (χ4v) is 5.39. The molecule has 0 saturated heterocycles. The predicted octanol–water partition coefficient (Wildman–Crippen LogP) is 3.02. The number of nitrogens with one attached hydrogen (secondary N) is 2. The van der Waals surface area contributed by atoms with Crippen LogP contribution >= 0.6 is 0 Å². The van der Waals surface area contributed by atoms with Crippen LogP contribution in [0, 0.1) is 24.7 Å². The highest BCUT2D eigenvalue weighted by molar-refractivity contribution is 6.39. The summed E-state index contributed by atoms with van der Waals surface area (Å²) in [5.41, 5.74) is 1.68. The molecule has 2 amide bonds. The van der Waals surface area contributed by atoms with Gasteiger partial charge in [-0.15, -0.1) is 0 Å². The van der Waals surface area contributed by atoms with Gasteiger partial charge in [-0.2, -0.15) is 0 Å². The minimum absolute atomic E-state index is 0.115. The first-order valence-electron chi connectivity index (χ1n) is 8.71. The number of carbonyl (C=O) groups excluding carboxylic acids is 2. The normalized spacial score (nSPS) is 34.2. The average Bonchev–Trinajstić information content (AvgIpc) is 2.47. The quantitative estimate of drug-likeness (QED) is 0.825. The van der Waals surface area contributed by atoms with Crippen molar-refractivity contribution in [2.24, 2.45) is 17.8 Å². The molecule has 4 bridgehead atoms. The highest BCUT2D eigenvalue weighted by Crippen LogP contribution is 2.55. The van der Waals surface area contributed by atoms with Gasteiger partial charge in [-0.1, -0.05) is 17.7 Å². The molecule has 23 heavy (non-hydrogen) atoms. The van der Waals surface area contributed by atoms with E-state index in [-0.39, 0.29) is 5.54 Å². The van der Waals surface area contributed by atoms with Gasteiger partial charge in [-0.25, -0.2) is 0 Å². The van der Waals surface area contributed by atoms with Crippen molar-refractivity contribution in [2.45, 2.75) is 51.0 Å². The van der Waals surface area contributed by atoms with Crippen LogP contribution in [0.4, 0.5) is 5.69 Å². The molecule has 0 aromatic heterocycles. The summed E-state index contributed by atoms with van der Waals surface area (Å²) in [6.07, 6.45) is 7.15. The lowest BCUT2D eigenvalue weighted by Gasteiger charge is -2.56. The van der Waals surface area contributed by atoms with E-state index in [4.69, 9.17) is 0 Å². The van der Waals surface area contributed by atoms with E-state index < -0.39 is 11.8 Å². The topological polar surface area (TPSA) is 58.2 Å². The number of hydrogen-bond acceptors (Lipinski definition) is 2. The van der Waals surface area contributed by atoms with Crippen LogP contribution in [-0.2, 0) is 9.59 Å². The Kier molecular flexibility index (Phi) is 3.43. The molecule has 4 aliphatic rings. The summed E-state index contributed by atoms with van der Waals surface area (Å²) in [6.45, 7) is 1.99. The summed E-state index contributed by atoms with van der Waals surface area (Å²) < 4.78 is 0. The molecule has 4 nitrogen and oxygen atoms in total. The third kappa shape index (κ3) is 2.87. The second-order valence-electron chi connectivity index (χ2n) is 7.97. The molecule has 1 aromatic carbocycles. The molecule has 0 unspecified atom stereocenters. The molecule has 122 valence electrons. The second kappa shape index (κ2) is 5.36. The number of benzene rings is 1.